The van der Waals surface area contributed by atoms with Crippen LogP contribution in [0.1, 0.15) is 36.2 Å². The lowest BCUT2D eigenvalue weighted by Gasteiger charge is -2.20. The van der Waals surface area contributed by atoms with Gasteiger partial charge in [-0.3, -0.25) is 9.59 Å². The van der Waals surface area contributed by atoms with Crippen molar-refractivity contribution in [1.29, 1.82) is 0 Å². The molecule has 0 aliphatic heterocycles. The van der Waals surface area contributed by atoms with Gasteiger partial charge in [0.25, 0.3) is 0 Å². The minimum absolute atomic E-state index is 0.131. The Labute approximate surface area is 202 Å². The number of Topliss-reactive ketones (excluding diaryl/α,β-unsaturated/α-hetero) is 1. The fourth-order valence-electron chi connectivity index (χ4n) is 4.63. The lowest BCUT2D eigenvalue weighted by Crippen LogP contribution is -2.47. The first-order valence-electron chi connectivity index (χ1n) is 11.3. The van der Waals surface area contributed by atoms with E-state index in [2.05, 4.69) is 22.0 Å². The molecule has 2 aliphatic carbocycles. The molecule has 1 amide bonds. The average Bonchev–Trinajstić information content (AvgIpc) is 3.38. The summed E-state index contributed by atoms with van der Waals surface area (Å²) in [6.45, 7) is 3.73. The van der Waals surface area contributed by atoms with E-state index < -0.39 is 17.3 Å². The second-order valence-corrected chi connectivity index (χ2v) is 8.78. The summed E-state index contributed by atoms with van der Waals surface area (Å²) >= 11 is 0. The molecule has 4 atom stereocenters. The number of nitrogens with one attached hydrogen (secondary N) is 1. The van der Waals surface area contributed by atoms with Gasteiger partial charge in [0.1, 0.15) is 22.7 Å². The van der Waals surface area contributed by atoms with Crippen LogP contribution in [0, 0.1) is 11.8 Å². The molecule has 1 aromatic carbocycles. The van der Waals surface area contributed by atoms with E-state index in [1.807, 2.05) is 6.07 Å². The van der Waals surface area contributed by atoms with E-state index >= 15 is 0 Å². The van der Waals surface area contributed by atoms with E-state index in [9.17, 15) is 14.4 Å². The van der Waals surface area contributed by atoms with Crippen molar-refractivity contribution < 1.29 is 28.6 Å². The fourth-order valence-corrected chi connectivity index (χ4v) is 4.63. The fraction of sp³-hybridized carbons (Fsp3) is 0.400. The third-order valence-corrected chi connectivity index (χ3v) is 6.67. The Kier molecular flexibility index (Phi) is 6.72. The van der Waals surface area contributed by atoms with Gasteiger partial charge in [0.2, 0.25) is 11.7 Å². The summed E-state index contributed by atoms with van der Waals surface area (Å²) in [5.74, 6) is 4.61. The third kappa shape index (κ3) is 4.68. The molecule has 0 saturated heterocycles. The molecule has 0 spiro atoms. The van der Waals surface area contributed by atoms with Crippen molar-refractivity contribution >= 4 is 34.8 Å². The molecule has 10 nitrogen and oxygen atoms in total. The molecule has 3 N–H and O–H groups in total. The molecule has 2 aliphatic rings. The Morgan fingerprint density at radius 3 is 2.71 bits per heavy atom. The predicted octanol–water partition coefficient (Wildman–Crippen LogP) is 2.15. The number of ether oxygens (including phenoxy) is 3. The molecule has 10 heteroatoms. The first-order valence-corrected chi connectivity index (χ1v) is 11.3. The zero-order valence-corrected chi connectivity index (χ0v) is 19.7. The highest BCUT2D eigenvalue weighted by atomic mass is 16.5. The third-order valence-electron chi connectivity index (χ3n) is 6.67. The number of nitrogens with two attached hydrogens (primary N) is 1. The van der Waals surface area contributed by atoms with E-state index in [-0.39, 0.29) is 29.5 Å². The van der Waals surface area contributed by atoms with E-state index in [1.165, 1.54) is 7.11 Å². The maximum atomic E-state index is 13.0. The van der Waals surface area contributed by atoms with Crippen molar-refractivity contribution in [2.45, 2.75) is 37.3 Å². The van der Waals surface area contributed by atoms with Gasteiger partial charge in [-0.25, -0.2) is 9.78 Å². The molecule has 0 radical (unpaired) electrons. The van der Waals surface area contributed by atoms with Crippen molar-refractivity contribution in [3.8, 4) is 11.5 Å². The van der Waals surface area contributed by atoms with E-state index in [0.29, 0.717) is 48.1 Å². The maximum absolute atomic E-state index is 13.0. The maximum Gasteiger partial charge on any atom is 0.332 e. The number of fused-ring (bicyclic) bond motifs is 1. The second kappa shape index (κ2) is 9.73. The molecular formula is C25H28N4O6. The standard InChI is InChI=1S/C25H28N4O6/c1-4-15-12-25(15,24(32)34-3)29-23(31)14-5-6-17(9-14)35-22-11-20(21(30)13-27-26)28-19-10-16(33-2)7-8-18(19)22/h4,7-8,10-11,13-15,17H,1,5-6,9,12,26H2,2-3H3,(H,29,31)/b27-13+. The summed E-state index contributed by atoms with van der Waals surface area (Å²) < 4.78 is 16.4. The van der Waals surface area contributed by atoms with Crippen LogP contribution in [0.5, 0.6) is 11.5 Å². The largest absolute Gasteiger partial charge is 0.497 e. The number of pyridine rings is 1. The van der Waals surface area contributed by atoms with Crippen LogP contribution in [0.2, 0.25) is 0 Å². The topological polar surface area (TPSA) is 142 Å². The summed E-state index contributed by atoms with van der Waals surface area (Å²) in [7, 11) is 2.85. The number of benzene rings is 1. The average molecular weight is 481 g/mol. The molecule has 4 rings (SSSR count). The number of esters is 1. The van der Waals surface area contributed by atoms with Crippen LogP contribution in [0.15, 0.2) is 42.0 Å². The van der Waals surface area contributed by atoms with Crippen molar-refractivity contribution in [3.05, 3.63) is 42.6 Å². The van der Waals surface area contributed by atoms with Gasteiger partial charge in [-0.15, -0.1) is 6.58 Å². The van der Waals surface area contributed by atoms with Gasteiger partial charge >= 0.3 is 5.97 Å². The van der Waals surface area contributed by atoms with Crippen LogP contribution in [0.4, 0.5) is 0 Å². The van der Waals surface area contributed by atoms with Gasteiger partial charge in [0.05, 0.1) is 32.1 Å². The van der Waals surface area contributed by atoms with Crippen LogP contribution < -0.4 is 20.6 Å². The number of nitrogens with zero attached hydrogens (tertiary/aromatic N) is 2. The summed E-state index contributed by atoms with van der Waals surface area (Å²) in [6, 6.07) is 6.85. The number of rotatable bonds is 9. The van der Waals surface area contributed by atoms with Crippen molar-refractivity contribution in [2.75, 3.05) is 14.2 Å². The number of carbonyl (C=O) groups is 3. The van der Waals surface area contributed by atoms with E-state index in [0.717, 1.165) is 6.21 Å². The van der Waals surface area contributed by atoms with Crippen LogP contribution in [-0.4, -0.2) is 54.7 Å². The van der Waals surface area contributed by atoms with E-state index in [1.54, 1.807) is 31.4 Å². The monoisotopic (exact) mass is 480 g/mol. The van der Waals surface area contributed by atoms with Gasteiger partial charge in [-0.1, -0.05) is 6.08 Å². The molecule has 4 unspecified atom stereocenters. The predicted molar refractivity (Wildman–Crippen MR) is 128 cm³/mol. The minimum atomic E-state index is -1.02. The number of amides is 1. The summed E-state index contributed by atoms with van der Waals surface area (Å²) in [6.07, 6.45) is 4.59. The van der Waals surface area contributed by atoms with Crippen molar-refractivity contribution in [2.24, 2.45) is 22.8 Å². The van der Waals surface area contributed by atoms with Gasteiger partial charge in [-0.2, -0.15) is 5.10 Å². The molecule has 184 valence electrons. The van der Waals surface area contributed by atoms with Crippen LogP contribution >= 0.6 is 0 Å². The first-order chi connectivity index (χ1) is 16.8. The summed E-state index contributed by atoms with van der Waals surface area (Å²) in [5, 5.41) is 6.88. The number of methoxy groups -OCH3 is 2. The summed E-state index contributed by atoms with van der Waals surface area (Å²) in [5.41, 5.74) is -0.370. The number of hydrogen-bond donors (Lipinski definition) is 2. The Morgan fingerprint density at radius 2 is 2.06 bits per heavy atom. The molecule has 2 fully saturated rings. The van der Waals surface area contributed by atoms with Gasteiger partial charge in [0.15, 0.2) is 0 Å². The highest BCUT2D eigenvalue weighted by molar-refractivity contribution is 6.35. The molecule has 35 heavy (non-hydrogen) atoms. The highest BCUT2D eigenvalue weighted by Crippen LogP contribution is 2.46. The van der Waals surface area contributed by atoms with Gasteiger partial charge in [-0.05, 0) is 37.8 Å². The van der Waals surface area contributed by atoms with Crippen LogP contribution in [0.3, 0.4) is 0 Å². The minimum Gasteiger partial charge on any atom is -0.497 e. The molecule has 2 saturated carbocycles. The van der Waals surface area contributed by atoms with Gasteiger partial charge < -0.3 is 25.4 Å². The van der Waals surface area contributed by atoms with Crippen LogP contribution in [-0.2, 0) is 14.3 Å². The lowest BCUT2D eigenvalue weighted by molar-refractivity contribution is -0.147. The number of hydrazone groups is 1. The van der Waals surface area contributed by atoms with Crippen molar-refractivity contribution in [3.63, 3.8) is 0 Å². The Balaban J connectivity index is 1.52. The molecule has 0 bridgehead atoms. The number of aromatic nitrogens is 1. The first kappa shape index (κ1) is 24.2. The summed E-state index contributed by atoms with van der Waals surface area (Å²) in [4.78, 5) is 42.0. The normalized spacial score (nSPS) is 25.3. The number of carbonyl (C=O) groups excluding carboxylic acids is 3. The zero-order valence-electron chi connectivity index (χ0n) is 19.7. The Morgan fingerprint density at radius 1 is 1.26 bits per heavy atom. The van der Waals surface area contributed by atoms with E-state index in [4.69, 9.17) is 20.1 Å². The highest BCUT2D eigenvalue weighted by Gasteiger charge is 2.61. The molecule has 2 aromatic rings. The molecular weight excluding hydrogens is 452 g/mol. The zero-order chi connectivity index (χ0) is 25.2. The Bertz CT molecular complexity index is 1210. The Hall–Kier alpha value is -3.95. The number of ketones is 1. The smallest absolute Gasteiger partial charge is 0.332 e. The lowest BCUT2D eigenvalue weighted by atomic mass is 10.1. The number of hydrogen-bond acceptors (Lipinski definition) is 9. The van der Waals surface area contributed by atoms with Gasteiger partial charge in [0, 0.05) is 29.4 Å². The SMILES string of the molecule is C=CC1CC1(NC(=O)C1CCC(Oc2cc(C(=O)/C=N/N)nc3cc(OC)ccc23)C1)C(=O)OC. The quantitative estimate of drug-likeness (QED) is 0.139. The second-order valence-electron chi connectivity index (χ2n) is 8.78. The van der Waals surface area contributed by atoms with Crippen molar-refractivity contribution in [1.82, 2.24) is 10.3 Å². The van der Waals surface area contributed by atoms with Crippen LogP contribution in [0.25, 0.3) is 10.9 Å². The molecule has 1 heterocycles. The molecule has 1 aromatic heterocycles.